The number of aromatic nitrogens is 3. The van der Waals surface area contributed by atoms with Crippen molar-refractivity contribution in [2.75, 3.05) is 0 Å². The molecule has 0 N–H and O–H groups in total. The molecule has 1 aromatic heterocycles. The van der Waals surface area contributed by atoms with Crippen molar-refractivity contribution in [2.45, 2.75) is 32.7 Å². The van der Waals surface area contributed by atoms with Gasteiger partial charge in [0, 0.05) is 5.56 Å². The lowest BCUT2D eigenvalue weighted by Crippen LogP contribution is -2.10. The molecule has 4 heteroatoms. The molecule has 0 saturated carbocycles. The third-order valence-electron chi connectivity index (χ3n) is 3.89. The van der Waals surface area contributed by atoms with E-state index in [9.17, 15) is 4.39 Å². The normalized spacial score (nSPS) is 11.7. The van der Waals surface area contributed by atoms with E-state index in [-0.39, 0.29) is 11.2 Å². The van der Waals surface area contributed by atoms with Gasteiger partial charge in [0.25, 0.3) is 0 Å². The van der Waals surface area contributed by atoms with Gasteiger partial charge in [0.2, 0.25) is 0 Å². The van der Waals surface area contributed by atoms with Crippen molar-refractivity contribution in [3.8, 4) is 11.4 Å². The number of halogens is 1. The molecule has 0 bridgehead atoms. The Labute approximate surface area is 135 Å². The molecule has 0 saturated heterocycles. The first kappa shape index (κ1) is 15.4. The van der Waals surface area contributed by atoms with E-state index < -0.39 is 0 Å². The molecule has 0 radical (unpaired) electrons. The molecule has 0 aliphatic heterocycles. The van der Waals surface area contributed by atoms with Gasteiger partial charge in [-0.15, -0.1) is 10.2 Å². The molecule has 0 aliphatic carbocycles. The van der Waals surface area contributed by atoms with Crippen molar-refractivity contribution in [3.63, 3.8) is 0 Å². The van der Waals surface area contributed by atoms with Crippen LogP contribution in [0.3, 0.4) is 0 Å². The highest BCUT2D eigenvalue weighted by atomic mass is 19.1. The van der Waals surface area contributed by atoms with E-state index in [0.717, 1.165) is 17.0 Å². The Kier molecular flexibility index (Phi) is 3.99. The summed E-state index contributed by atoms with van der Waals surface area (Å²) in [4.78, 5) is 0. The zero-order chi connectivity index (χ0) is 16.4. The second-order valence-corrected chi connectivity index (χ2v) is 6.74. The van der Waals surface area contributed by atoms with Crippen LogP contribution in [0.5, 0.6) is 0 Å². The lowest BCUT2D eigenvalue weighted by Gasteiger charge is -2.19. The van der Waals surface area contributed by atoms with Crippen molar-refractivity contribution >= 4 is 0 Å². The zero-order valence-corrected chi connectivity index (χ0v) is 13.6. The smallest absolute Gasteiger partial charge is 0.164 e. The van der Waals surface area contributed by atoms with Crippen molar-refractivity contribution < 1.29 is 4.39 Å². The predicted molar refractivity (Wildman–Crippen MR) is 89.7 cm³/mol. The van der Waals surface area contributed by atoms with Gasteiger partial charge in [-0.1, -0.05) is 57.2 Å². The molecule has 118 valence electrons. The van der Waals surface area contributed by atoms with Crippen molar-refractivity contribution in [2.24, 2.45) is 0 Å². The van der Waals surface area contributed by atoms with Gasteiger partial charge in [-0.2, -0.15) is 0 Å². The number of benzene rings is 2. The molecule has 3 aromatic rings. The Morgan fingerprint density at radius 1 is 0.957 bits per heavy atom. The lowest BCUT2D eigenvalue weighted by atomic mass is 9.87. The van der Waals surface area contributed by atoms with Gasteiger partial charge in [0.15, 0.2) is 5.82 Å². The summed E-state index contributed by atoms with van der Waals surface area (Å²) in [5, 5.41) is 8.25. The summed E-state index contributed by atoms with van der Waals surface area (Å²) in [6.45, 7) is 7.20. The van der Waals surface area contributed by atoms with Crippen LogP contribution in [-0.4, -0.2) is 14.8 Å². The van der Waals surface area contributed by atoms with Gasteiger partial charge >= 0.3 is 0 Å². The van der Waals surface area contributed by atoms with Gasteiger partial charge in [-0.25, -0.2) is 4.39 Å². The Morgan fingerprint density at radius 3 is 2.22 bits per heavy atom. The molecule has 3 nitrogen and oxygen atoms in total. The highest BCUT2D eigenvalue weighted by Gasteiger charge is 2.14. The minimum absolute atomic E-state index is 0.125. The van der Waals surface area contributed by atoms with E-state index >= 15 is 0 Å². The second-order valence-electron chi connectivity index (χ2n) is 6.74. The van der Waals surface area contributed by atoms with Crippen LogP contribution >= 0.6 is 0 Å². The summed E-state index contributed by atoms with van der Waals surface area (Å²) < 4.78 is 15.0. The molecule has 0 amide bonds. The first-order valence-corrected chi connectivity index (χ1v) is 7.67. The fraction of sp³-hybridized carbons (Fsp3) is 0.263. The van der Waals surface area contributed by atoms with Gasteiger partial charge in [0.05, 0.1) is 6.54 Å². The van der Waals surface area contributed by atoms with Gasteiger partial charge in [-0.3, -0.25) is 0 Å². The topological polar surface area (TPSA) is 30.7 Å². The SMILES string of the molecule is CC(C)(C)c1ccc(-c2nncn2Cc2ccc(F)cc2)cc1. The van der Waals surface area contributed by atoms with Crippen LogP contribution in [0, 0.1) is 5.82 Å². The Balaban J connectivity index is 1.87. The first-order chi connectivity index (χ1) is 10.9. The standard InChI is InChI=1S/C19H20FN3/c1-19(2,3)16-8-6-15(7-9-16)18-22-21-13-23(18)12-14-4-10-17(20)11-5-14/h4-11,13H,12H2,1-3H3. The van der Waals surface area contributed by atoms with Crippen LogP contribution in [0.4, 0.5) is 4.39 Å². The van der Waals surface area contributed by atoms with Crippen LogP contribution in [0.2, 0.25) is 0 Å². The zero-order valence-electron chi connectivity index (χ0n) is 13.6. The minimum atomic E-state index is -0.226. The summed E-state index contributed by atoms with van der Waals surface area (Å²) in [6, 6.07) is 14.9. The number of rotatable bonds is 3. The van der Waals surface area contributed by atoms with Crippen LogP contribution in [-0.2, 0) is 12.0 Å². The van der Waals surface area contributed by atoms with Crippen LogP contribution in [0.15, 0.2) is 54.9 Å². The van der Waals surface area contributed by atoms with E-state index in [1.807, 2.05) is 4.57 Å². The number of hydrogen-bond donors (Lipinski definition) is 0. The fourth-order valence-electron chi connectivity index (χ4n) is 2.50. The highest BCUT2D eigenvalue weighted by Crippen LogP contribution is 2.25. The summed E-state index contributed by atoms with van der Waals surface area (Å²) in [6.07, 6.45) is 1.70. The molecular weight excluding hydrogens is 289 g/mol. The van der Waals surface area contributed by atoms with E-state index in [2.05, 4.69) is 55.2 Å². The van der Waals surface area contributed by atoms with E-state index in [1.165, 1.54) is 17.7 Å². The fourth-order valence-corrected chi connectivity index (χ4v) is 2.50. The largest absolute Gasteiger partial charge is 0.309 e. The molecule has 0 spiro atoms. The van der Waals surface area contributed by atoms with Crippen LogP contribution in [0.1, 0.15) is 31.9 Å². The summed E-state index contributed by atoms with van der Waals surface area (Å²) in [7, 11) is 0. The predicted octanol–water partition coefficient (Wildman–Crippen LogP) is 4.43. The third-order valence-corrected chi connectivity index (χ3v) is 3.89. The highest BCUT2D eigenvalue weighted by molar-refractivity contribution is 5.56. The molecule has 3 rings (SSSR count). The number of hydrogen-bond acceptors (Lipinski definition) is 2. The molecule has 0 fully saturated rings. The Hall–Kier alpha value is -2.49. The monoisotopic (exact) mass is 309 g/mol. The lowest BCUT2D eigenvalue weighted by molar-refractivity contribution is 0.590. The minimum Gasteiger partial charge on any atom is -0.309 e. The molecule has 2 aromatic carbocycles. The third kappa shape index (κ3) is 3.47. The van der Waals surface area contributed by atoms with Crippen LogP contribution in [0.25, 0.3) is 11.4 Å². The van der Waals surface area contributed by atoms with Crippen molar-refractivity contribution in [3.05, 3.63) is 71.8 Å². The summed E-state index contributed by atoms with van der Waals surface area (Å²) in [5.74, 6) is 0.588. The number of nitrogens with zero attached hydrogens (tertiary/aromatic N) is 3. The Bertz CT molecular complexity index is 781. The van der Waals surface area contributed by atoms with Gasteiger partial charge < -0.3 is 4.57 Å². The van der Waals surface area contributed by atoms with Crippen molar-refractivity contribution in [1.29, 1.82) is 0 Å². The molecule has 0 unspecified atom stereocenters. The summed E-state index contributed by atoms with van der Waals surface area (Å²) in [5.41, 5.74) is 3.45. The summed E-state index contributed by atoms with van der Waals surface area (Å²) >= 11 is 0. The average Bonchev–Trinajstić information content (AvgIpc) is 2.97. The Morgan fingerprint density at radius 2 is 1.61 bits per heavy atom. The van der Waals surface area contributed by atoms with Crippen molar-refractivity contribution in [1.82, 2.24) is 14.8 Å². The molecule has 0 aliphatic rings. The maximum atomic E-state index is 13.0. The first-order valence-electron chi connectivity index (χ1n) is 7.67. The molecular formula is C19H20FN3. The average molecular weight is 309 g/mol. The second kappa shape index (κ2) is 5.95. The molecule has 1 heterocycles. The van der Waals surface area contributed by atoms with Crippen LogP contribution < -0.4 is 0 Å². The van der Waals surface area contributed by atoms with Gasteiger partial charge in [-0.05, 0) is 28.7 Å². The van der Waals surface area contributed by atoms with E-state index in [1.54, 1.807) is 18.5 Å². The molecule has 23 heavy (non-hydrogen) atoms. The quantitative estimate of drug-likeness (QED) is 0.716. The van der Waals surface area contributed by atoms with Gasteiger partial charge in [0.1, 0.15) is 12.1 Å². The maximum Gasteiger partial charge on any atom is 0.164 e. The van der Waals surface area contributed by atoms with E-state index in [4.69, 9.17) is 0 Å². The molecule has 0 atom stereocenters. The maximum absolute atomic E-state index is 13.0. The van der Waals surface area contributed by atoms with E-state index in [0.29, 0.717) is 6.54 Å².